The monoisotopic (exact) mass is 293 g/mol. The molecule has 1 atom stereocenters. The fourth-order valence-electron chi connectivity index (χ4n) is 1.79. The second-order valence-corrected chi connectivity index (χ2v) is 5.36. The molecule has 2 rings (SSSR count). The van der Waals surface area contributed by atoms with Gasteiger partial charge in [0.25, 0.3) is 5.69 Å². The molecule has 0 radical (unpaired) electrons. The molecule has 0 aliphatic carbocycles. The van der Waals surface area contributed by atoms with Crippen molar-refractivity contribution in [1.82, 2.24) is 5.32 Å². The summed E-state index contributed by atoms with van der Waals surface area (Å²) in [4.78, 5) is 22.1. The van der Waals surface area contributed by atoms with Gasteiger partial charge in [-0.1, -0.05) is 0 Å². The molecule has 1 aromatic rings. The SMILES string of the molecule is CC(=O)NC1(C#N)COc2cc([N+](=O)[O-])ccc2SC1. The molecule has 0 bridgehead atoms. The number of hydrogen-bond acceptors (Lipinski definition) is 6. The standard InChI is InChI=1S/C12H11N3O4S/c1-8(16)14-12(5-13)6-19-10-4-9(15(17)18)2-3-11(10)20-7-12/h2-4H,6-7H2,1H3,(H,14,16). The lowest BCUT2D eigenvalue weighted by atomic mass is 10.1. The van der Waals surface area contributed by atoms with Gasteiger partial charge in [0.1, 0.15) is 12.4 Å². The minimum Gasteiger partial charge on any atom is -0.489 e. The molecule has 20 heavy (non-hydrogen) atoms. The van der Waals surface area contributed by atoms with Gasteiger partial charge in [-0.15, -0.1) is 11.8 Å². The number of fused-ring (bicyclic) bond motifs is 1. The van der Waals surface area contributed by atoms with Gasteiger partial charge in [0, 0.05) is 23.6 Å². The summed E-state index contributed by atoms with van der Waals surface area (Å²) in [5.74, 6) is 0.341. The number of nitro benzene ring substituents is 1. The van der Waals surface area contributed by atoms with Crippen LogP contribution >= 0.6 is 11.8 Å². The van der Waals surface area contributed by atoms with Crippen LogP contribution in [0.5, 0.6) is 5.75 Å². The first-order valence-electron chi connectivity index (χ1n) is 5.70. The van der Waals surface area contributed by atoms with Crippen LogP contribution in [0.1, 0.15) is 6.92 Å². The highest BCUT2D eigenvalue weighted by Gasteiger charge is 2.35. The van der Waals surface area contributed by atoms with E-state index in [1.165, 1.54) is 30.8 Å². The summed E-state index contributed by atoms with van der Waals surface area (Å²) in [6.45, 7) is 1.27. The zero-order chi connectivity index (χ0) is 14.8. The molecule has 1 aliphatic heterocycles. The Hall–Kier alpha value is -2.27. The number of carbonyl (C=O) groups excluding carboxylic acids is 1. The fourth-order valence-corrected chi connectivity index (χ4v) is 2.83. The summed E-state index contributed by atoms with van der Waals surface area (Å²) in [5, 5.41) is 22.6. The van der Waals surface area contributed by atoms with Gasteiger partial charge < -0.3 is 10.1 Å². The van der Waals surface area contributed by atoms with E-state index >= 15 is 0 Å². The quantitative estimate of drug-likeness (QED) is 0.654. The van der Waals surface area contributed by atoms with E-state index in [2.05, 4.69) is 5.32 Å². The molecule has 0 aromatic heterocycles. The first-order chi connectivity index (χ1) is 9.46. The van der Waals surface area contributed by atoms with Crippen molar-refractivity contribution < 1.29 is 14.5 Å². The topological polar surface area (TPSA) is 105 Å². The normalized spacial score (nSPS) is 20.8. The molecule has 1 aromatic carbocycles. The molecule has 1 amide bonds. The number of nitro groups is 1. The number of hydrogen-bond donors (Lipinski definition) is 1. The molecule has 104 valence electrons. The largest absolute Gasteiger partial charge is 0.489 e. The molecule has 0 saturated heterocycles. The van der Waals surface area contributed by atoms with Crippen LogP contribution in [-0.2, 0) is 4.79 Å². The first kappa shape index (κ1) is 14.1. The fraction of sp³-hybridized carbons (Fsp3) is 0.333. The van der Waals surface area contributed by atoms with Crippen molar-refractivity contribution in [2.24, 2.45) is 0 Å². The summed E-state index contributed by atoms with van der Waals surface area (Å²) in [6, 6.07) is 6.34. The van der Waals surface area contributed by atoms with Crippen LogP contribution < -0.4 is 10.1 Å². The van der Waals surface area contributed by atoms with E-state index in [9.17, 15) is 20.2 Å². The van der Waals surface area contributed by atoms with Gasteiger partial charge >= 0.3 is 0 Å². The summed E-state index contributed by atoms with van der Waals surface area (Å²) >= 11 is 1.32. The predicted molar refractivity (Wildman–Crippen MR) is 71.5 cm³/mol. The average Bonchev–Trinajstić information content (AvgIpc) is 2.58. The zero-order valence-corrected chi connectivity index (χ0v) is 11.4. The molecule has 8 heteroatoms. The van der Waals surface area contributed by atoms with Gasteiger partial charge in [-0.25, -0.2) is 0 Å². The van der Waals surface area contributed by atoms with Crippen LogP contribution in [0.15, 0.2) is 23.1 Å². The maximum atomic E-state index is 11.2. The van der Waals surface area contributed by atoms with Gasteiger partial charge in [-0.2, -0.15) is 5.26 Å². The van der Waals surface area contributed by atoms with Gasteiger partial charge in [-0.3, -0.25) is 14.9 Å². The highest BCUT2D eigenvalue weighted by Crippen LogP contribution is 2.37. The minimum atomic E-state index is -1.13. The molecular weight excluding hydrogens is 282 g/mol. The Morgan fingerprint density at radius 2 is 2.40 bits per heavy atom. The number of nitriles is 1. The van der Waals surface area contributed by atoms with Crippen molar-refractivity contribution in [1.29, 1.82) is 5.26 Å². The van der Waals surface area contributed by atoms with Crippen molar-refractivity contribution in [3.63, 3.8) is 0 Å². The predicted octanol–water partition coefficient (Wildman–Crippen LogP) is 1.48. The van der Waals surface area contributed by atoms with Gasteiger partial charge in [0.15, 0.2) is 5.54 Å². The third kappa shape index (κ3) is 2.83. The van der Waals surface area contributed by atoms with E-state index in [-0.39, 0.29) is 18.2 Å². The molecule has 0 spiro atoms. The van der Waals surface area contributed by atoms with E-state index < -0.39 is 10.5 Å². The number of carbonyl (C=O) groups is 1. The van der Waals surface area contributed by atoms with Crippen molar-refractivity contribution in [2.75, 3.05) is 12.4 Å². The number of non-ortho nitro benzene ring substituents is 1. The highest BCUT2D eigenvalue weighted by atomic mass is 32.2. The van der Waals surface area contributed by atoms with Crippen molar-refractivity contribution in [2.45, 2.75) is 17.4 Å². The molecule has 0 saturated carbocycles. The number of nitrogens with zero attached hydrogens (tertiary/aromatic N) is 2. The number of benzene rings is 1. The first-order valence-corrected chi connectivity index (χ1v) is 6.68. The summed E-state index contributed by atoms with van der Waals surface area (Å²) in [7, 11) is 0. The number of ether oxygens (including phenoxy) is 1. The van der Waals surface area contributed by atoms with E-state index in [1.54, 1.807) is 6.07 Å². The lowest BCUT2D eigenvalue weighted by Crippen LogP contribution is -2.52. The minimum absolute atomic E-state index is 0.0513. The summed E-state index contributed by atoms with van der Waals surface area (Å²) < 4.78 is 5.48. The van der Waals surface area contributed by atoms with E-state index in [1.807, 2.05) is 6.07 Å². The lowest BCUT2D eigenvalue weighted by molar-refractivity contribution is -0.385. The van der Waals surface area contributed by atoms with Crippen LogP contribution in [-0.4, -0.2) is 28.7 Å². The highest BCUT2D eigenvalue weighted by molar-refractivity contribution is 7.99. The maximum Gasteiger partial charge on any atom is 0.273 e. The van der Waals surface area contributed by atoms with E-state index in [0.29, 0.717) is 16.4 Å². The number of amides is 1. The van der Waals surface area contributed by atoms with Gasteiger partial charge in [0.2, 0.25) is 5.91 Å². The molecule has 1 heterocycles. The molecule has 1 N–H and O–H groups in total. The third-order valence-corrected chi connectivity index (χ3v) is 4.00. The Morgan fingerprint density at radius 3 is 3.00 bits per heavy atom. The summed E-state index contributed by atoms with van der Waals surface area (Å²) in [5.41, 5.74) is -1.21. The Bertz CT molecular complexity index is 613. The summed E-state index contributed by atoms with van der Waals surface area (Å²) in [6.07, 6.45) is 0. The third-order valence-electron chi connectivity index (χ3n) is 2.72. The second-order valence-electron chi connectivity index (χ2n) is 4.34. The average molecular weight is 293 g/mol. The second kappa shape index (κ2) is 5.38. The Kier molecular flexibility index (Phi) is 3.81. The molecular formula is C12H11N3O4S. The number of thioether (sulfide) groups is 1. The van der Waals surface area contributed by atoms with Crippen molar-refractivity contribution in [3.05, 3.63) is 28.3 Å². The zero-order valence-electron chi connectivity index (χ0n) is 10.6. The Labute approximate surface area is 119 Å². The van der Waals surface area contributed by atoms with Crippen LogP contribution in [0.3, 0.4) is 0 Å². The van der Waals surface area contributed by atoms with Gasteiger partial charge in [0.05, 0.1) is 17.1 Å². The maximum absolute atomic E-state index is 11.2. The molecule has 0 fully saturated rings. The Balaban J connectivity index is 2.28. The number of rotatable bonds is 2. The Morgan fingerprint density at radius 1 is 1.65 bits per heavy atom. The van der Waals surface area contributed by atoms with E-state index in [4.69, 9.17) is 4.74 Å². The lowest BCUT2D eigenvalue weighted by Gasteiger charge is -2.24. The van der Waals surface area contributed by atoms with Crippen molar-refractivity contribution >= 4 is 23.4 Å². The number of nitrogens with one attached hydrogen (secondary N) is 1. The molecule has 1 aliphatic rings. The molecule has 7 nitrogen and oxygen atoms in total. The smallest absolute Gasteiger partial charge is 0.273 e. The van der Waals surface area contributed by atoms with Crippen molar-refractivity contribution in [3.8, 4) is 11.8 Å². The van der Waals surface area contributed by atoms with Crippen LogP contribution in [0.4, 0.5) is 5.69 Å². The van der Waals surface area contributed by atoms with Gasteiger partial charge in [-0.05, 0) is 6.07 Å². The molecule has 1 unspecified atom stereocenters. The van der Waals surface area contributed by atoms with Crippen LogP contribution in [0.2, 0.25) is 0 Å². The van der Waals surface area contributed by atoms with Crippen LogP contribution in [0.25, 0.3) is 0 Å². The van der Waals surface area contributed by atoms with Crippen LogP contribution in [0, 0.1) is 21.4 Å². The van der Waals surface area contributed by atoms with E-state index in [0.717, 1.165) is 0 Å².